The van der Waals surface area contributed by atoms with Crippen molar-refractivity contribution in [3.8, 4) is 0 Å². The summed E-state index contributed by atoms with van der Waals surface area (Å²) in [6, 6.07) is 16.0. The molecule has 1 N–H and O–H groups in total. The Morgan fingerprint density at radius 1 is 1.09 bits per heavy atom. The molecule has 0 saturated heterocycles. The third kappa shape index (κ3) is 4.30. The van der Waals surface area contributed by atoms with Crippen molar-refractivity contribution in [3.63, 3.8) is 0 Å². The van der Waals surface area contributed by atoms with Gasteiger partial charge in [0.05, 0.1) is 10.6 Å². The summed E-state index contributed by atoms with van der Waals surface area (Å²) in [5, 5.41) is 12.1. The van der Waals surface area contributed by atoms with Crippen LogP contribution in [0.4, 0.5) is 0 Å². The van der Waals surface area contributed by atoms with Gasteiger partial charge in [-0.3, -0.25) is 0 Å². The van der Waals surface area contributed by atoms with Crippen LogP contribution in [0.3, 0.4) is 0 Å². The highest BCUT2D eigenvalue weighted by Gasteiger charge is 2.16. The number of allylic oxidation sites excluding steroid dienone is 1. The van der Waals surface area contributed by atoms with E-state index in [4.69, 9.17) is 5.21 Å². The average molecular weight is 315 g/mol. The zero-order valence-corrected chi connectivity index (χ0v) is 13.0. The van der Waals surface area contributed by atoms with Gasteiger partial charge in [-0.1, -0.05) is 59.3 Å². The van der Waals surface area contributed by atoms with Gasteiger partial charge in [0.2, 0.25) is 0 Å². The highest BCUT2D eigenvalue weighted by Crippen LogP contribution is 2.13. The van der Waals surface area contributed by atoms with E-state index in [2.05, 4.69) is 5.16 Å². The predicted molar refractivity (Wildman–Crippen MR) is 87.9 cm³/mol. The number of hydrogen-bond donors (Lipinski definition) is 1. The molecule has 0 amide bonds. The van der Waals surface area contributed by atoms with E-state index in [1.54, 1.807) is 30.3 Å². The van der Waals surface area contributed by atoms with Crippen molar-refractivity contribution in [2.45, 2.75) is 11.8 Å². The lowest BCUT2D eigenvalue weighted by Gasteiger charge is -2.04. The average Bonchev–Trinajstić information content (AvgIpc) is 2.52. The lowest BCUT2D eigenvalue weighted by atomic mass is 10.2. The van der Waals surface area contributed by atoms with Gasteiger partial charge in [0, 0.05) is 0 Å². The molecule has 0 bridgehead atoms. The van der Waals surface area contributed by atoms with E-state index in [1.807, 2.05) is 37.3 Å². The van der Waals surface area contributed by atoms with Crippen molar-refractivity contribution in [2.24, 2.45) is 5.16 Å². The van der Waals surface area contributed by atoms with Crippen molar-refractivity contribution in [1.29, 1.82) is 0 Å². The van der Waals surface area contributed by atoms with Crippen molar-refractivity contribution >= 4 is 21.6 Å². The molecule has 0 aromatic heterocycles. The van der Waals surface area contributed by atoms with E-state index in [0.717, 1.165) is 11.1 Å². The summed E-state index contributed by atoms with van der Waals surface area (Å²) < 4.78 is 24.6. The van der Waals surface area contributed by atoms with Crippen molar-refractivity contribution < 1.29 is 13.6 Å². The molecule has 0 saturated carbocycles. The topological polar surface area (TPSA) is 66.7 Å². The van der Waals surface area contributed by atoms with Gasteiger partial charge in [0.1, 0.15) is 5.75 Å². The molecule has 0 aliphatic carbocycles. The minimum atomic E-state index is -3.53. The molecule has 2 aromatic carbocycles. The number of rotatable bonds is 5. The summed E-state index contributed by atoms with van der Waals surface area (Å²) >= 11 is 0. The maximum atomic E-state index is 12.3. The summed E-state index contributed by atoms with van der Waals surface area (Å²) in [6.07, 6.45) is 3.21. The Hall–Kier alpha value is -2.40. The van der Waals surface area contributed by atoms with E-state index < -0.39 is 9.84 Å². The van der Waals surface area contributed by atoms with Crippen LogP contribution in [-0.2, 0) is 9.84 Å². The Kier molecular flexibility index (Phi) is 5.12. The molecule has 114 valence electrons. The number of benzene rings is 2. The summed E-state index contributed by atoms with van der Waals surface area (Å²) in [5.41, 5.74) is 1.97. The van der Waals surface area contributed by atoms with E-state index in [1.165, 1.54) is 6.08 Å². The summed E-state index contributed by atoms with van der Waals surface area (Å²) in [4.78, 5) is 0.215. The van der Waals surface area contributed by atoms with Crippen LogP contribution in [-0.4, -0.2) is 25.1 Å². The second-order valence-electron chi connectivity index (χ2n) is 4.91. The molecule has 5 heteroatoms. The SMILES string of the molecule is Cc1ccc(S(=O)(=O)CC(/C=C/c2ccccc2)=N\O)cc1. The lowest BCUT2D eigenvalue weighted by Crippen LogP contribution is -2.14. The molecule has 0 unspecified atom stereocenters. The highest BCUT2D eigenvalue weighted by molar-refractivity contribution is 7.92. The fraction of sp³-hybridized carbons (Fsp3) is 0.118. The smallest absolute Gasteiger partial charge is 0.184 e. The predicted octanol–water partition coefficient (Wildman–Crippen LogP) is 3.31. The zero-order valence-electron chi connectivity index (χ0n) is 12.2. The Bertz CT molecular complexity index is 776. The molecule has 22 heavy (non-hydrogen) atoms. The Morgan fingerprint density at radius 3 is 2.32 bits per heavy atom. The normalized spacial score (nSPS) is 12.7. The molecule has 0 spiro atoms. The van der Waals surface area contributed by atoms with Gasteiger partial charge in [-0.15, -0.1) is 0 Å². The van der Waals surface area contributed by atoms with E-state index in [0.29, 0.717) is 0 Å². The molecule has 2 rings (SSSR count). The molecule has 0 heterocycles. The fourth-order valence-corrected chi connectivity index (χ4v) is 3.15. The zero-order chi connectivity index (χ0) is 16.0. The lowest BCUT2D eigenvalue weighted by molar-refractivity contribution is 0.319. The van der Waals surface area contributed by atoms with Gasteiger partial charge in [-0.2, -0.15) is 0 Å². The molecule has 2 aromatic rings. The second kappa shape index (κ2) is 7.04. The first-order chi connectivity index (χ1) is 10.5. The van der Waals surface area contributed by atoms with Crippen LogP contribution < -0.4 is 0 Å². The van der Waals surface area contributed by atoms with Gasteiger partial charge >= 0.3 is 0 Å². The summed E-state index contributed by atoms with van der Waals surface area (Å²) in [6.45, 7) is 1.89. The number of nitrogens with zero attached hydrogens (tertiary/aromatic N) is 1. The maximum absolute atomic E-state index is 12.3. The van der Waals surface area contributed by atoms with Crippen LogP contribution in [0.2, 0.25) is 0 Å². The number of oxime groups is 1. The first-order valence-electron chi connectivity index (χ1n) is 6.75. The Balaban J connectivity index is 2.16. The van der Waals surface area contributed by atoms with Crippen LogP contribution in [0.25, 0.3) is 6.08 Å². The van der Waals surface area contributed by atoms with Gasteiger partial charge in [-0.25, -0.2) is 8.42 Å². The van der Waals surface area contributed by atoms with Crippen molar-refractivity contribution in [3.05, 3.63) is 71.8 Å². The maximum Gasteiger partial charge on any atom is 0.184 e. The quantitative estimate of drug-likeness (QED) is 0.523. The molecule has 0 fully saturated rings. The molecule has 0 aliphatic rings. The monoisotopic (exact) mass is 315 g/mol. The van der Waals surface area contributed by atoms with Gasteiger partial charge < -0.3 is 5.21 Å². The number of aryl methyl sites for hydroxylation is 1. The van der Waals surface area contributed by atoms with E-state index in [9.17, 15) is 8.42 Å². The molecule has 0 atom stereocenters. The minimum Gasteiger partial charge on any atom is -0.411 e. The highest BCUT2D eigenvalue weighted by atomic mass is 32.2. The largest absolute Gasteiger partial charge is 0.411 e. The number of sulfone groups is 1. The number of hydrogen-bond acceptors (Lipinski definition) is 4. The van der Waals surface area contributed by atoms with Crippen molar-refractivity contribution in [2.75, 3.05) is 5.75 Å². The van der Waals surface area contributed by atoms with Crippen LogP contribution >= 0.6 is 0 Å². The van der Waals surface area contributed by atoms with Gasteiger partial charge in [0.15, 0.2) is 9.84 Å². The van der Waals surface area contributed by atoms with Crippen molar-refractivity contribution in [1.82, 2.24) is 0 Å². The third-order valence-electron chi connectivity index (χ3n) is 3.11. The molecule has 0 radical (unpaired) electrons. The molecular formula is C17H17NO3S. The molecular weight excluding hydrogens is 298 g/mol. The first-order valence-corrected chi connectivity index (χ1v) is 8.40. The Morgan fingerprint density at radius 2 is 1.73 bits per heavy atom. The van der Waals surface area contributed by atoms with Crippen LogP contribution in [0, 0.1) is 6.92 Å². The van der Waals surface area contributed by atoms with E-state index >= 15 is 0 Å². The van der Waals surface area contributed by atoms with Crippen LogP contribution in [0.5, 0.6) is 0 Å². The van der Waals surface area contributed by atoms with E-state index in [-0.39, 0.29) is 16.4 Å². The first kappa shape index (κ1) is 16.0. The second-order valence-corrected chi connectivity index (χ2v) is 6.90. The van der Waals surface area contributed by atoms with Gasteiger partial charge in [0.25, 0.3) is 0 Å². The standard InChI is InChI=1S/C17H17NO3S/c1-14-7-11-17(12-8-14)22(20,21)13-16(18-19)10-9-15-5-3-2-4-6-15/h2-12,19H,13H2,1H3/b10-9+,18-16-. The fourth-order valence-electron chi connectivity index (χ4n) is 1.89. The van der Waals surface area contributed by atoms with Crippen LogP contribution in [0.1, 0.15) is 11.1 Å². The summed E-state index contributed by atoms with van der Waals surface area (Å²) in [7, 11) is -3.53. The minimum absolute atomic E-state index is 0.0874. The Labute approximate surface area is 130 Å². The van der Waals surface area contributed by atoms with Gasteiger partial charge in [-0.05, 0) is 30.7 Å². The third-order valence-corrected chi connectivity index (χ3v) is 4.78. The van der Waals surface area contributed by atoms with Crippen LogP contribution in [0.15, 0.2) is 70.7 Å². The molecule has 4 nitrogen and oxygen atoms in total. The molecule has 0 aliphatic heterocycles. The summed E-state index contributed by atoms with van der Waals surface area (Å²) in [5.74, 6) is -0.351.